The zero-order valence-electron chi connectivity index (χ0n) is 13.6. The first kappa shape index (κ1) is 15.6. The van der Waals surface area contributed by atoms with E-state index in [4.69, 9.17) is 0 Å². The van der Waals surface area contributed by atoms with Gasteiger partial charge in [0, 0.05) is 25.1 Å². The summed E-state index contributed by atoms with van der Waals surface area (Å²) in [6.07, 6.45) is 0.789. The number of hydrogen-bond donors (Lipinski definition) is 0. The van der Waals surface area contributed by atoms with Crippen LogP contribution in [0.4, 0.5) is 0 Å². The van der Waals surface area contributed by atoms with E-state index in [1.807, 2.05) is 65.6 Å². The fourth-order valence-electron chi connectivity index (χ4n) is 2.83. The standard InChI is InChI=1S/C21H16N2OS/c24-21-20-18(13-14-23(21)15-17-9-5-2-6-10-17)22-19(25-20)12-11-16-7-3-1-4-8-16/h1-10H,13-15H2. The van der Waals surface area contributed by atoms with Crippen LogP contribution in [0.3, 0.4) is 0 Å². The molecule has 4 rings (SSSR count). The average Bonchev–Trinajstić information content (AvgIpc) is 3.08. The van der Waals surface area contributed by atoms with Crippen molar-refractivity contribution in [3.63, 3.8) is 0 Å². The van der Waals surface area contributed by atoms with Gasteiger partial charge in [-0.05, 0) is 23.6 Å². The third-order valence-corrected chi connectivity index (χ3v) is 5.10. The SMILES string of the molecule is O=C1c2sc(C#Cc3ccccc3)nc2CCN1Cc1ccccc1. The number of amides is 1. The molecule has 1 aromatic heterocycles. The van der Waals surface area contributed by atoms with Gasteiger partial charge in [-0.25, -0.2) is 4.98 Å². The highest BCUT2D eigenvalue weighted by Crippen LogP contribution is 2.26. The molecule has 0 unspecified atom stereocenters. The van der Waals surface area contributed by atoms with E-state index in [-0.39, 0.29) is 5.91 Å². The van der Waals surface area contributed by atoms with Crippen molar-refractivity contribution in [3.05, 3.63) is 87.4 Å². The Kier molecular flexibility index (Phi) is 4.32. The summed E-state index contributed by atoms with van der Waals surface area (Å²) >= 11 is 1.40. The van der Waals surface area contributed by atoms with Gasteiger partial charge in [-0.15, -0.1) is 11.3 Å². The molecule has 0 fully saturated rings. The van der Waals surface area contributed by atoms with Crippen molar-refractivity contribution in [1.82, 2.24) is 9.88 Å². The average molecular weight is 344 g/mol. The molecule has 1 amide bonds. The van der Waals surface area contributed by atoms with E-state index in [2.05, 4.69) is 16.8 Å². The van der Waals surface area contributed by atoms with Gasteiger partial charge >= 0.3 is 0 Å². The van der Waals surface area contributed by atoms with Crippen molar-refractivity contribution in [2.75, 3.05) is 6.54 Å². The summed E-state index contributed by atoms with van der Waals surface area (Å²) in [4.78, 5) is 19.9. The Morgan fingerprint density at radius 3 is 2.48 bits per heavy atom. The number of benzene rings is 2. The van der Waals surface area contributed by atoms with Crippen molar-refractivity contribution >= 4 is 17.2 Å². The highest BCUT2D eigenvalue weighted by atomic mass is 32.1. The van der Waals surface area contributed by atoms with Crippen molar-refractivity contribution in [2.24, 2.45) is 0 Å². The Bertz CT molecular complexity index is 952. The molecule has 3 aromatic rings. The molecule has 0 aliphatic carbocycles. The third kappa shape index (κ3) is 3.47. The molecule has 2 heterocycles. The summed E-state index contributed by atoms with van der Waals surface area (Å²) in [7, 11) is 0. The molecule has 1 aliphatic rings. The molecule has 2 aromatic carbocycles. The molecule has 0 spiro atoms. The molecule has 0 saturated carbocycles. The summed E-state index contributed by atoms with van der Waals surface area (Å²) in [6, 6.07) is 19.9. The van der Waals surface area contributed by atoms with E-state index >= 15 is 0 Å². The molecule has 1 aliphatic heterocycles. The van der Waals surface area contributed by atoms with Crippen LogP contribution in [0.5, 0.6) is 0 Å². The Balaban J connectivity index is 1.54. The Morgan fingerprint density at radius 2 is 1.72 bits per heavy atom. The van der Waals surface area contributed by atoms with Gasteiger partial charge in [0.1, 0.15) is 4.88 Å². The molecule has 0 saturated heterocycles. The van der Waals surface area contributed by atoms with Gasteiger partial charge in [0.05, 0.1) is 5.69 Å². The summed E-state index contributed by atoms with van der Waals surface area (Å²) in [5.41, 5.74) is 2.98. The first-order valence-corrected chi connectivity index (χ1v) is 9.01. The van der Waals surface area contributed by atoms with E-state index in [1.165, 1.54) is 11.3 Å². The van der Waals surface area contributed by atoms with Gasteiger partial charge in [-0.1, -0.05) is 54.5 Å². The normalized spacial score (nSPS) is 13.1. The number of aromatic nitrogens is 1. The van der Waals surface area contributed by atoms with Crippen LogP contribution in [0, 0.1) is 11.8 Å². The van der Waals surface area contributed by atoms with E-state index in [1.54, 1.807) is 0 Å². The zero-order valence-corrected chi connectivity index (χ0v) is 14.4. The lowest BCUT2D eigenvalue weighted by atomic mass is 10.1. The summed E-state index contributed by atoms with van der Waals surface area (Å²) in [5.74, 6) is 6.26. The highest BCUT2D eigenvalue weighted by molar-refractivity contribution is 7.14. The number of rotatable bonds is 2. The number of fused-ring (bicyclic) bond motifs is 1. The Hall–Kier alpha value is -2.90. The fourth-order valence-corrected chi connectivity index (χ4v) is 3.76. The molecule has 3 nitrogen and oxygen atoms in total. The second-order valence-corrected chi connectivity index (χ2v) is 6.87. The first-order valence-electron chi connectivity index (χ1n) is 8.19. The van der Waals surface area contributed by atoms with Crippen LogP contribution in [0.1, 0.15) is 31.5 Å². The van der Waals surface area contributed by atoms with Crippen LogP contribution in [-0.2, 0) is 13.0 Å². The van der Waals surface area contributed by atoms with Gasteiger partial charge in [0.25, 0.3) is 5.91 Å². The number of thiazole rings is 1. The van der Waals surface area contributed by atoms with E-state index in [9.17, 15) is 4.79 Å². The molecular weight excluding hydrogens is 328 g/mol. The van der Waals surface area contributed by atoms with Gasteiger partial charge < -0.3 is 4.90 Å². The molecule has 0 N–H and O–H groups in total. The van der Waals surface area contributed by atoms with Crippen LogP contribution in [0.25, 0.3) is 0 Å². The molecule has 0 bridgehead atoms. The number of hydrogen-bond acceptors (Lipinski definition) is 3. The maximum absolute atomic E-state index is 12.8. The van der Waals surface area contributed by atoms with Crippen LogP contribution < -0.4 is 0 Å². The predicted octanol–water partition coefficient (Wildman–Crippen LogP) is 3.74. The van der Waals surface area contributed by atoms with Gasteiger partial charge in [0.15, 0.2) is 5.01 Å². The lowest BCUT2D eigenvalue weighted by Crippen LogP contribution is -2.36. The summed E-state index contributed by atoms with van der Waals surface area (Å²) < 4.78 is 0. The molecule has 4 heteroatoms. The topological polar surface area (TPSA) is 33.2 Å². The summed E-state index contributed by atoms with van der Waals surface area (Å²) in [6.45, 7) is 1.35. The number of nitrogens with zero attached hydrogens (tertiary/aromatic N) is 2. The van der Waals surface area contributed by atoms with E-state index in [0.717, 1.165) is 28.1 Å². The largest absolute Gasteiger partial charge is 0.333 e. The van der Waals surface area contributed by atoms with Crippen molar-refractivity contribution in [1.29, 1.82) is 0 Å². The van der Waals surface area contributed by atoms with Crippen molar-refractivity contribution < 1.29 is 4.79 Å². The molecule has 25 heavy (non-hydrogen) atoms. The molecular formula is C21H16N2OS. The fraction of sp³-hybridized carbons (Fsp3) is 0.143. The van der Waals surface area contributed by atoms with E-state index < -0.39 is 0 Å². The third-order valence-electron chi connectivity index (χ3n) is 4.10. The van der Waals surface area contributed by atoms with E-state index in [0.29, 0.717) is 18.1 Å². The summed E-state index contributed by atoms with van der Waals surface area (Å²) in [5, 5.41) is 0.712. The predicted molar refractivity (Wildman–Crippen MR) is 99.4 cm³/mol. The lowest BCUT2D eigenvalue weighted by Gasteiger charge is -2.26. The van der Waals surface area contributed by atoms with Gasteiger partial charge in [0.2, 0.25) is 0 Å². The Labute approximate surface area is 151 Å². The second kappa shape index (κ2) is 6.92. The highest BCUT2D eigenvalue weighted by Gasteiger charge is 2.28. The smallest absolute Gasteiger partial charge is 0.266 e. The van der Waals surface area contributed by atoms with Gasteiger partial charge in [-0.2, -0.15) is 0 Å². The number of carbonyl (C=O) groups excluding carboxylic acids is 1. The minimum atomic E-state index is 0.0652. The maximum Gasteiger partial charge on any atom is 0.266 e. The minimum absolute atomic E-state index is 0.0652. The maximum atomic E-state index is 12.8. The number of carbonyl (C=O) groups is 1. The van der Waals surface area contributed by atoms with Crippen LogP contribution >= 0.6 is 11.3 Å². The van der Waals surface area contributed by atoms with Crippen molar-refractivity contribution in [2.45, 2.75) is 13.0 Å². The first-order chi connectivity index (χ1) is 12.3. The lowest BCUT2D eigenvalue weighted by molar-refractivity contribution is 0.0731. The Morgan fingerprint density at radius 1 is 1.00 bits per heavy atom. The van der Waals surface area contributed by atoms with Crippen molar-refractivity contribution in [3.8, 4) is 11.8 Å². The zero-order chi connectivity index (χ0) is 17.1. The molecule has 122 valence electrons. The van der Waals surface area contributed by atoms with Crippen LogP contribution in [0.15, 0.2) is 60.7 Å². The quantitative estimate of drug-likeness (QED) is 0.664. The molecule has 0 atom stereocenters. The van der Waals surface area contributed by atoms with Gasteiger partial charge in [-0.3, -0.25) is 4.79 Å². The second-order valence-electron chi connectivity index (χ2n) is 5.87. The molecule has 0 radical (unpaired) electrons. The minimum Gasteiger partial charge on any atom is -0.333 e. The van der Waals surface area contributed by atoms with Crippen LogP contribution in [-0.4, -0.2) is 22.3 Å². The monoisotopic (exact) mass is 344 g/mol. The van der Waals surface area contributed by atoms with Crippen LogP contribution in [0.2, 0.25) is 0 Å².